The van der Waals surface area contributed by atoms with E-state index in [1.54, 1.807) is 42.5 Å². The maximum Gasteiger partial charge on any atom is 0.407 e. The highest BCUT2D eigenvalue weighted by Gasteiger charge is 2.12. The van der Waals surface area contributed by atoms with Crippen molar-refractivity contribution in [1.82, 2.24) is 4.90 Å². The molecule has 0 saturated heterocycles. The fourth-order valence-electron chi connectivity index (χ4n) is 2.15. The number of hydrogen-bond donors (Lipinski definition) is 1. The van der Waals surface area contributed by atoms with E-state index in [0.29, 0.717) is 46.1 Å². The Balaban J connectivity index is 1.91. The van der Waals surface area contributed by atoms with Crippen LogP contribution in [0.25, 0.3) is 0 Å². The Morgan fingerprint density at radius 3 is 2.50 bits per heavy atom. The van der Waals surface area contributed by atoms with Crippen LogP contribution in [0.15, 0.2) is 42.5 Å². The average molecular weight is 419 g/mol. The monoisotopic (exact) mass is 417 g/mol. The number of rotatable bonds is 9. The van der Waals surface area contributed by atoms with Crippen molar-refractivity contribution >= 4 is 40.9 Å². The van der Waals surface area contributed by atoms with Gasteiger partial charge in [-0.05, 0) is 36.8 Å². The van der Waals surface area contributed by atoms with Crippen LogP contribution in [0, 0.1) is 0 Å². The van der Waals surface area contributed by atoms with Crippen LogP contribution < -0.4 is 9.47 Å². The topological polar surface area (TPSA) is 59.0 Å². The van der Waals surface area contributed by atoms with Crippen molar-refractivity contribution < 1.29 is 19.4 Å². The third-order valence-electron chi connectivity index (χ3n) is 3.39. The highest BCUT2D eigenvalue weighted by molar-refractivity contribution is 6.32. The number of nitrogens with zero attached hydrogens (tertiary/aromatic N) is 1. The van der Waals surface area contributed by atoms with Crippen LogP contribution >= 0.6 is 34.8 Å². The van der Waals surface area contributed by atoms with Crippen LogP contribution in [0.3, 0.4) is 0 Å². The molecule has 0 aliphatic rings. The summed E-state index contributed by atoms with van der Waals surface area (Å²) >= 11 is 17.7. The van der Waals surface area contributed by atoms with Crippen molar-refractivity contribution in [2.45, 2.75) is 6.42 Å². The zero-order valence-corrected chi connectivity index (χ0v) is 16.1. The number of alkyl halides is 1. The van der Waals surface area contributed by atoms with E-state index < -0.39 is 6.09 Å². The van der Waals surface area contributed by atoms with Gasteiger partial charge in [-0.1, -0.05) is 29.3 Å². The predicted molar refractivity (Wildman–Crippen MR) is 103 cm³/mol. The molecule has 8 heteroatoms. The highest BCUT2D eigenvalue weighted by Crippen LogP contribution is 2.31. The number of amides is 1. The van der Waals surface area contributed by atoms with Crippen LogP contribution in [0.1, 0.15) is 6.42 Å². The number of carboxylic acid groups (broad SMARTS) is 1. The molecule has 0 aliphatic carbocycles. The quantitative estimate of drug-likeness (QED) is 0.525. The molecular formula is C18H18Cl3NO4. The Labute approximate surface area is 167 Å². The summed E-state index contributed by atoms with van der Waals surface area (Å²) < 4.78 is 11.3. The maximum absolute atomic E-state index is 11.1. The maximum atomic E-state index is 11.1. The van der Waals surface area contributed by atoms with Gasteiger partial charge in [-0.25, -0.2) is 4.79 Å². The molecule has 2 aromatic rings. The molecular weight excluding hydrogens is 401 g/mol. The van der Waals surface area contributed by atoms with E-state index in [0.717, 1.165) is 0 Å². The lowest BCUT2D eigenvalue weighted by atomic mass is 10.3. The Hall–Kier alpha value is -1.82. The molecule has 26 heavy (non-hydrogen) atoms. The lowest BCUT2D eigenvalue weighted by molar-refractivity contribution is 0.135. The van der Waals surface area contributed by atoms with Gasteiger partial charge in [0.1, 0.15) is 23.9 Å². The first-order chi connectivity index (χ1) is 12.5. The van der Waals surface area contributed by atoms with Gasteiger partial charge >= 0.3 is 6.09 Å². The summed E-state index contributed by atoms with van der Waals surface area (Å²) in [6.07, 6.45) is -0.417. The Morgan fingerprint density at radius 1 is 1.08 bits per heavy atom. The standard InChI is InChI=1S/C18H18Cl3NO4/c19-7-2-8-22(18(23)24)9-10-25-17-6-5-15(12-16(17)21)26-14-4-1-3-13(20)11-14/h1,3-6,11-12H,2,7-10H2,(H,23,24). The zero-order chi connectivity index (χ0) is 18.9. The first-order valence-electron chi connectivity index (χ1n) is 7.89. The summed E-state index contributed by atoms with van der Waals surface area (Å²) in [7, 11) is 0. The Kier molecular flexibility index (Phi) is 8.16. The molecule has 0 saturated carbocycles. The summed E-state index contributed by atoms with van der Waals surface area (Å²) in [5, 5.41) is 10.1. The molecule has 1 amide bonds. The van der Waals surface area contributed by atoms with Crippen LogP contribution in [0.2, 0.25) is 10.0 Å². The summed E-state index contributed by atoms with van der Waals surface area (Å²) in [6, 6.07) is 12.0. The van der Waals surface area contributed by atoms with Crippen molar-refractivity contribution in [3.05, 3.63) is 52.5 Å². The molecule has 2 aromatic carbocycles. The van der Waals surface area contributed by atoms with Gasteiger partial charge in [0.15, 0.2) is 0 Å². The molecule has 0 aliphatic heterocycles. The largest absolute Gasteiger partial charge is 0.490 e. The molecule has 0 aromatic heterocycles. The predicted octanol–water partition coefficient (Wildman–Crippen LogP) is 5.77. The van der Waals surface area contributed by atoms with E-state index in [2.05, 4.69) is 0 Å². The number of benzene rings is 2. The van der Waals surface area contributed by atoms with Crippen molar-refractivity contribution in [2.24, 2.45) is 0 Å². The van der Waals surface area contributed by atoms with Gasteiger partial charge in [0, 0.05) is 23.5 Å². The highest BCUT2D eigenvalue weighted by atomic mass is 35.5. The lowest BCUT2D eigenvalue weighted by Crippen LogP contribution is -2.34. The second-order valence-corrected chi connectivity index (χ2v) is 6.53. The molecule has 0 atom stereocenters. The van der Waals surface area contributed by atoms with E-state index in [-0.39, 0.29) is 13.2 Å². The molecule has 0 radical (unpaired) electrons. The summed E-state index contributed by atoms with van der Waals surface area (Å²) in [5.74, 6) is 2.00. The van der Waals surface area contributed by atoms with Crippen molar-refractivity contribution in [3.8, 4) is 17.2 Å². The fourth-order valence-corrected chi connectivity index (χ4v) is 2.67. The molecule has 0 fully saturated rings. The number of halogens is 3. The molecule has 2 rings (SSSR count). The molecule has 5 nitrogen and oxygen atoms in total. The molecule has 0 unspecified atom stereocenters. The number of ether oxygens (including phenoxy) is 2. The van der Waals surface area contributed by atoms with Gasteiger partial charge in [0.25, 0.3) is 0 Å². The molecule has 0 spiro atoms. The summed E-state index contributed by atoms with van der Waals surface area (Å²) in [4.78, 5) is 12.4. The molecule has 0 bridgehead atoms. The number of hydrogen-bond acceptors (Lipinski definition) is 3. The van der Waals surface area contributed by atoms with Crippen LogP contribution in [-0.4, -0.2) is 41.7 Å². The normalized spacial score (nSPS) is 10.4. The van der Waals surface area contributed by atoms with Crippen LogP contribution in [0.5, 0.6) is 17.2 Å². The Morgan fingerprint density at radius 2 is 1.85 bits per heavy atom. The number of carbonyl (C=O) groups is 1. The minimum Gasteiger partial charge on any atom is -0.490 e. The second kappa shape index (κ2) is 10.4. The van der Waals surface area contributed by atoms with Crippen molar-refractivity contribution in [3.63, 3.8) is 0 Å². The van der Waals surface area contributed by atoms with Gasteiger partial charge in [0.2, 0.25) is 0 Å². The van der Waals surface area contributed by atoms with E-state index in [1.807, 2.05) is 0 Å². The van der Waals surface area contributed by atoms with Crippen LogP contribution in [-0.2, 0) is 0 Å². The van der Waals surface area contributed by atoms with Gasteiger partial charge < -0.3 is 19.5 Å². The molecule has 1 N–H and O–H groups in total. The Bertz CT molecular complexity index is 742. The zero-order valence-electron chi connectivity index (χ0n) is 13.8. The van der Waals surface area contributed by atoms with Gasteiger partial charge in [-0.15, -0.1) is 11.6 Å². The fraction of sp³-hybridized carbons (Fsp3) is 0.278. The van der Waals surface area contributed by atoms with E-state index in [4.69, 9.17) is 49.4 Å². The van der Waals surface area contributed by atoms with Gasteiger partial charge in [-0.3, -0.25) is 0 Å². The summed E-state index contributed by atoms with van der Waals surface area (Å²) in [6.45, 7) is 0.772. The SMILES string of the molecule is O=C(O)N(CCCCl)CCOc1ccc(Oc2cccc(Cl)c2)cc1Cl. The van der Waals surface area contributed by atoms with Crippen molar-refractivity contribution in [1.29, 1.82) is 0 Å². The second-order valence-electron chi connectivity index (χ2n) is 5.31. The smallest absolute Gasteiger partial charge is 0.407 e. The summed E-state index contributed by atoms with van der Waals surface area (Å²) in [5.41, 5.74) is 0. The minimum absolute atomic E-state index is 0.183. The third-order valence-corrected chi connectivity index (χ3v) is 4.18. The van der Waals surface area contributed by atoms with Gasteiger partial charge in [0.05, 0.1) is 11.6 Å². The minimum atomic E-state index is -1.00. The lowest BCUT2D eigenvalue weighted by Gasteiger charge is -2.19. The first kappa shape index (κ1) is 20.5. The van der Waals surface area contributed by atoms with Crippen molar-refractivity contribution in [2.75, 3.05) is 25.6 Å². The third kappa shape index (κ3) is 6.48. The van der Waals surface area contributed by atoms with Crippen LogP contribution in [0.4, 0.5) is 4.79 Å². The van der Waals surface area contributed by atoms with Gasteiger partial charge in [-0.2, -0.15) is 0 Å². The molecule has 140 valence electrons. The van der Waals surface area contributed by atoms with E-state index >= 15 is 0 Å². The molecule has 0 heterocycles. The first-order valence-corrected chi connectivity index (χ1v) is 9.18. The van der Waals surface area contributed by atoms with E-state index in [9.17, 15) is 4.79 Å². The average Bonchev–Trinajstić information content (AvgIpc) is 2.59. The van der Waals surface area contributed by atoms with E-state index in [1.165, 1.54) is 4.90 Å².